The Bertz CT molecular complexity index is 2360. The van der Waals surface area contributed by atoms with Crippen LogP contribution >= 0.6 is 0 Å². The molecule has 2 atom stereocenters. The quantitative estimate of drug-likeness (QED) is 0.0234. The van der Waals surface area contributed by atoms with Gasteiger partial charge in [-0.25, -0.2) is 9.69 Å². The third-order valence-electron chi connectivity index (χ3n) is 10.0. The standard InChI is InChI=1S/C42H49N3O12S2/c1-3-4-5-6-7-8-9-10-11-15-24-57-41-40(48)45(42(49)44(41)28-29-16-13-12-14-17-29)37(38(46)30-19-22-33(56-2)23-20-30)39(47)43-32-21-18-31-25-34(58(50,51)52)27-36(35(31)26-32)59(53,54)55/h12-14,16-23,25-27,37,41H,3-11,15,24,28H2,1-2H3,(H,43,47)(H,50,51,52)(H,53,54,55). The zero-order valence-corrected chi connectivity index (χ0v) is 34.5. The van der Waals surface area contributed by atoms with Gasteiger partial charge in [0, 0.05) is 23.2 Å². The molecule has 1 fully saturated rings. The van der Waals surface area contributed by atoms with Crippen molar-refractivity contribution in [3.8, 4) is 5.75 Å². The van der Waals surface area contributed by atoms with Crippen LogP contribution in [0.1, 0.15) is 87.1 Å². The van der Waals surface area contributed by atoms with Crippen molar-refractivity contribution in [2.75, 3.05) is 19.0 Å². The van der Waals surface area contributed by atoms with Crippen LogP contribution in [0.15, 0.2) is 94.7 Å². The van der Waals surface area contributed by atoms with Gasteiger partial charge in [-0.05, 0) is 65.9 Å². The van der Waals surface area contributed by atoms with Crippen molar-refractivity contribution in [3.05, 3.63) is 96.1 Å². The minimum absolute atomic E-state index is 0.0409. The van der Waals surface area contributed by atoms with E-state index in [-0.39, 0.29) is 35.2 Å². The molecule has 0 bridgehead atoms. The minimum atomic E-state index is -5.08. The number of ether oxygens (including phenoxy) is 2. The molecule has 1 saturated heterocycles. The largest absolute Gasteiger partial charge is 0.497 e. The first-order valence-electron chi connectivity index (χ1n) is 19.4. The van der Waals surface area contributed by atoms with Gasteiger partial charge in [-0.1, -0.05) is 101 Å². The van der Waals surface area contributed by atoms with E-state index in [1.54, 1.807) is 30.3 Å². The Morgan fingerprint density at radius 1 is 0.780 bits per heavy atom. The number of Topliss-reactive ketones (excluding diaryl/α,β-unsaturated/α-hetero) is 1. The fraction of sp³-hybridized carbons (Fsp3) is 0.381. The SMILES string of the molecule is CCCCCCCCCCCCOC1C(=O)N(C(C(=O)Nc2ccc3cc(S(=O)(=O)O)cc(S(=O)(=O)O)c3c2)C(=O)c2ccc(OC)cc2)C(=O)N1Cc1ccccc1. The number of fused-ring (bicyclic) bond motifs is 1. The Hall–Kier alpha value is -5.20. The summed E-state index contributed by atoms with van der Waals surface area (Å²) in [5, 5.41) is 2.18. The van der Waals surface area contributed by atoms with Crippen LogP contribution in [0.4, 0.5) is 10.5 Å². The van der Waals surface area contributed by atoms with Crippen molar-refractivity contribution in [1.29, 1.82) is 0 Å². The van der Waals surface area contributed by atoms with E-state index >= 15 is 0 Å². The lowest BCUT2D eigenvalue weighted by atomic mass is 10.0. The predicted molar refractivity (Wildman–Crippen MR) is 219 cm³/mol. The zero-order chi connectivity index (χ0) is 42.7. The lowest BCUT2D eigenvalue weighted by molar-refractivity contribution is -0.144. The highest BCUT2D eigenvalue weighted by Crippen LogP contribution is 2.31. The number of urea groups is 1. The average Bonchev–Trinajstić information content (AvgIpc) is 3.42. The summed E-state index contributed by atoms with van der Waals surface area (Å²) in [4.78, 5) is 57.3. The van der Waals surface area contributed by atoms with Gasteiger partial charge < -0.3 is 14.8 Å². The van der Waals surface area contributed by atoms with Crippen molar-refractivity contribution in [3.63, 3.8) is 0 Å². The van der Waals surface area contributed by atoms with E-state index in [2.05, 4.69) is 12.2 Å². The van der Waals surface area contributed by atoms with Crippen LogP contribution in [-0.4, -0.2) is 85.4 Å². The lowest BCUT2D eigenvalue weighted by Gasteiger charge is -2.25. The molecule has 0 aromatic heterocycles. The maximum atomic E-state index is 14.3. The van der Waals surface area contributed by atoms with Gasteiger partial charge in [-0.2, -0.15) is 16.8 Å². The fourth-order valence-corrected chi connectivity index (χ4v) is 8.26. The fourth-order valence-electron chi connectivity index (χ4n) is 6.91. The number of hydrogen-bond donors (Lipinski definition) is 3. The van der Waals surface area contributed by atoms with E-state index in [0.29, 0.717) is 28.7 Å². The number of ketones is 1. The predicted octanol–water partition coefficient (Wildman–Crippen LogP) is 7.26. The van der Waals surface area contributed by atoms with Gasteiger partial charge in [-0.3, -0.25) is 28.4 Å². The second-order valence-corrected chi connectivity index (χ2v) is 17.1. The summed E-state index contributed by atoms with van der Waals surface area (Å²) in [5.74, 6) is -2.62. The molecule has 5 rings (SSSR count). The first-order chi connectivity index (χ1) is 28.1. The Labute approximate surface area is 344 Å². The van der Waals surface area contributed by atoms with Crippen LogP contribution in [-0.2, 0) is 41.1 Å². The van der Waals surface area contributed by atoms with Gasteiger partial charge in [0.15, 0.2) is 11.8 Å². The Balaban J connectivity index is 1.45. The van der Waals surface area contributed by atoms with Crippen LogP contribution in [0.3, 0.4) is 0 Å². The molecule has 0 saturated carbocycles. The number of hydrogen-bond acceptors (Lipinski definition) is 10. The molecule has 4 aromatic rings. The number of nitrogens with one attached hydrogen (secondary N) is 1. The molecular formula is C42H49N3O12S2. The molecule has 4 aromatic carbocycles. The molecule has 2 unspecified atom stereocenters. The molecule has 0 spiro atoms. The molecule has 0 radical (unpaired) electrons. The highest BCUT2D eigenvalue weighted by atomic mass is 32.2. The molecule has 0 aliphatic carbocycles. The van der Waals surface area contributed by atoms with Crippen LogP contribution in [0.2, 0.25) is 0 Å². The summed E-state index contributed by atoms with van der Waals surface area (Å²) in [6.45, 7) is 2.24. The highest BCUT2D eigenvalue weighted by Gasteiger charge is 2.53. The summed E-state index contributed by atoms with van der Waals surface area (Å²) >= 11 is 0. The van der Waals surface area contributed by atoms with E-state index in [4.69, 9.17) is 9.47 Å². The van der Waals surface area contributed by atoms with Crippen molar-refractivity contribution in [2.45, 2.75) is 99.7 Å². The Kier molecular flexibility index (Phi) is 15.4. The molecule has 316 valence electrons. The highest BCUT2D eigenvalue weighted by molar-refractivity contribution is 7.86. The smallest absolute Gasteiger partial charge is 0.330 e. The Morgan fingerprint density at radius 2 is 1.41 bits per heavy atom. The number of amides is 4. The van der Waals surface area contributed by atoms with Crippen LogP contribution in [0.5, 0.6) is 5.75 Å². The number of benzene rings is 4. The summed E-state index contributed by atoms with van der Waals surface area (Å²) in [5.41, 5.74) is 0.475. The van der Waals surface area contributed by atoms with Gasteiger partial charge in [0.2, 0.25) is 6.23 Å². The summed E-state index contributed by atoms with van der Waals surface area (Å²) in [7, 11) is -8.56. The van der Waals surface area contributed by atoms with E-state index in [0.717, 1.165) is 42.7 Å². The topological polar surface area (TPSA) is 214 Å². The number of rotatable bonds is 22. The molecule has 4 amide bonds. The average molecular weight is 852 g/mol. The molecule has 3 N–H and O–H groups in total. The Morgan fingerprint density at radius 3 is 2.00 bits per heavy atom. The summed E-state index contributed by atoms with van der Waals surface area (Å²) in [6, 6.07) is 16.5. The van der Waals surface area contributed by atoms with E-state index in [1.165, 1.54) is 75.6 Å². The van der Waals surface area contributed by atoms with Crippen molar-refractivity contribution in [2.24, 2.45) is 0 Å². The van der Waals surface area contributed by atoms with Crippen LogP contribution < -0.4 is 10.1 Å². The van der Waals surface area contributed by atoms with E-state index in [9.17, 15) is 45.1 Å². The first kappa shape index (κ1) is 44.9. The number of carbonyl (C=O) groups excluding carboxylic acids is 4. The third kappa shape index (κ3) is 11.5. The summed E-state index contributed by atoms with van der Waals surface area (Å²) < 4.78 is 79.2. The van der Waals surface area contributed by atoms with Crippen molar-refractivity contribution < 1.29 is 54.6 Å². The zero-order valence-electron chi connectivity index (χ0n) is 32.9. The third-order valence-corrected chi connectivity index (χ3v) is 11.7. The van der Waals surface area contributed by atoms with E-state index < -0.39 is 65.9 Å². The molecule has 17 heteroatoms. The second-order valence-electron chi connectivity index (χ2n) is 14.3. The van der Waals surface area contributed by atoms with Crippen molar-refractivity contribution in [1.82, 2.24) is 9.80 Å². The van der Waals surface area contributed by atoms with E-state index in [1.807, 2.05) is 0 Å². The van der Waals surface area contributed by atoms with Gasteiger partial charge in [0.1, 0.15) is 10.6 Å². The number of methoxy groups -OCH3 is 1. The molecule has 1 heterocycles. The maximum Gasteiger partial charge on any atom is 0.330 e. The summed E-state index contributed by atoms with van der Waals surface area (Å²) in [6.07, 6.45) is 9.28. The molecule has 1 aliphatic heterocycles. The monoisotopic (exact) mass is 851 g/mol. The van der Waals surface area contributed by atoms with Gasteiger partial charge in [-0.15, -0.1) is 0 Å². The minimum Gasteiger partial charge on any atom is -0.497 e. The van der Waals surface area contributed by atoms with Crippen molar-refractivity contribution >= 4 is 60.3 Å². The van der Waals surface area contributed by atoms with Gasteiger partial charge in [0.25, 0.3) is 32.1 Å². The van der Waals surface area contributed by atoms with Gasteiger partial charge in [0.05, 0.1) is 18.6 Å². The molecular weight excluding hydrogens is 803 g/mol. The normalized spacial score (nSPS) is 15.2. The number of nitrogens with zero attached hydrogens (tertiary/aromatic N) is 2. The molecule has 59 heavy (non-hydrogen) atoms. The second kappa shape index (κ2) is 20.2. The number of unbranched alkanes of at least 4 members (excludes halogenated alkanes) is 9. The number of carbonyl (C=O) groups is 4. The maximum absolute atomic E-state index is 14.3. The van der Waals surface area contributed by atoms with Crippen LogP contribution in [0.25, 0.3) is 10.8 Å². The first-order valence-corrected chi connectivity index (χ1v) is 22.3. The molecule has 15 nitrogen and oxygen atoms in total. The number of anilines is 1. The number of imide groups is 1. The van der Waals surface area contributed by atoms with Gasteiger partial charge >= 0.3 is 6.03 Å². The van der Waals surface area contributed by atoms with Crippen LogP contribution in [0, 0.1) is 0 Å². The lowest BCUT2D eigenvalue weighted by Crippen LogP contribution is -2.52. The molecule has 1 aliphatic rings.